The summed E-state index contributed by atoms with van der Waals surface area (Å²) in [4.78, 5) is 11.6. The molecule has 3 nitrogen and oxygen atoms in total. The highest BCUT2D eigenvalue weighted by molar-refractivity contribution is 5.95. The van der Waals surface area contributed by atoms with Crippen LogP contribution in [0.25, 0.3) is 0 Å². The second kappa shape index (κ2) is 5.53. The molecule has 0 atom stereocenters. The largest absolute Gasteiger partial charge is 0.466 e. The molecule has 0 spiro atoms. The van der Waals surface area contributed by atoms with Gasteiger partial charge in [0.15, 0.2) is 5.78 Å². The Hall–Kier alpha value is -1.35. The topological polar surface area (TPSA) is 39.4 Å². The maximum atomic E-state index is 11.6. The molecule has 1 aliphatic carbocycles. The van der Waals surface area contributed by atoms with Gasteiger partial charge in [0.1, 0.15) is 18.0 Å². The van der Waals surface area contributed by atoms with Crippen LogP contribution in [0, 0.1) is 0 Å². The van der Waals surface area contributed by atoms with Crippen LogP contribution in [0.1, 0.15) is 44.8 Å². The molecule has 0 bridgehead atoms. The van der Waals surface area contributed by atoms with E-state index in [1.54, 1.807) is 13.2 Å². The molecular weight excluding hydrogens is 228 g/mol. The second-order valence-corrected chi connectivity index (χ2v) is 5.02. The number of ether oxygens (including phenoxy) is 1. The SMILES string of the molecule is C=C(C)C(=O)COC1(c2ccco2)CCCCC1. The number of hydrogen-bond donors (Lipinski definition) is 0. The summed E-state index contributed by atoms with van der Waals surface area (Å²) in [6.45, 7) is 5.46. The van der Waals surface area contributed by atoms with Crippen LogP contribution in [0.3, 0.4) is 0 Å². The van der Waals surface area contributed by atoms with Gasteiger partial charge in [-0.2, -0.15) is 0 Å². The first-order chi connectivity index (χ1) is 8.64. The number of carbonyl (C=O) groups excluding carboxylic acids is 1. The third-order valence-corrected chi connectivity index (χ3v) is 3.59. The molecule has 0 aliphatic heterocycles. The van der Waals surface area contributed by atoms with Gasteiger partial charge < -0.3 is 9.15 Å². The van der Waals surface area contributed by atoms with Crippen molar-refractivity contribution in [2.75, 3.05) is 6.61 Å². The fourth-order valence-electron chi connectivity index (χ4n) is 2.45. The Morgan fingerprint density at radius 3 is 2.72 bits per heavy atom. The molecule has 1 aromatic heterocycles. The molecule has 1 aromatic rings. The zero-order valence-electron chi connectivity index (χ0n) is 10.9. The van der Waals surface area contributed by atoms with Crippen molar-refractivity contribution in [3.63, 3.8) is 0 Å². The van der Waals surface area contributed by atoms with Crippen LogP contribution in [0.5, 0.6) is 0 Å². The lowest BCUT2D eigenvalue weighted by Gasteiger charge is -2.35. The first-order valence-corrected chi connectivity index (χ1v) is 6.51. The van der Waals surface area contributed by atoms with E-state index in [0.29, 0.717) is 5.57 Å². The minimum absolute atomic E-state index is 0.0356. The van der Waals surface area contributed by atoms with Crippen molar-refractivity contribution >= 4 is 5.78 Å². The zero-order chi connectivity index (χ0) is 13.0. The van der Waals surface area contributed by atoms with Gasteiger partial charge in [-0.15, -0.1) is 0 Å². The van der Waals surface area contributed by atoms with Crippen LogP contribution in [-0.4, -0.2) is 12.4 Å². The lowest BCUT2D eigenvalue weighted by molar-refractivity contribution is -0.134. The molecule has 0 aromatic carbocycles. The average Bonchev–Trinajstić information content (AvgIpc) is 2.91. The zero-order valence-corrected chi connectivity index (χ0v) is 10.9. The van der Waals surface area contributed by atoms with E-state index in [4.69, 9.17) is 9.15 Å². The summed E-state index contributed by atoms with van der Waals surface area (Å²) >= 11 is 0. The maximum absolute atomic E-state index is 11.6. The lowest BCUT2D eigenvalue weighted by Crippen LogP contribution is -2.34. The van der Waals surface area contributed by atoms with E-state index in [-0.39, 0.29) is 12.4 Å². The Labute approximate surface area is 108 Å². The monoisotopic (exact) mass is 248 g/mol. The van der Waals surface area contributed by atoms with Gasteiger partial charge in [-0.25, -0.2) is 0 Å². The van der Waals surface area contributed by atoms with Crippen LogP contribution in [0.15, 0.2) is 35.0 Å². The molecule has 1 fully saturated rings. The average molecular weight is 248 g/mol. The number of furan rings is 1. The van der Waals surface area contributed by atoms with E-state index in [1.165, 1.54) is 6.42 Å². The molecule has 0 unspecified atom stereocenters. The van der Waals surface area contributed by atoms with Gasteiger partial charge in [-0.05, 0) is 37.5 Å². The summed E-state index contributed by atoms with van der Waals surface area (Å²) in [5, 5.41) is 0. The van der Waals surface area contributed by atoms with Gasteiger partial charge in [0.2, 0.25) is 0 Å². The first kappa shape index (κ1) is 13.1. The summed E-state index contributed by atoms with van der Waals surface area (Å²) in [7, 11) is 0. The van der Waals surface area contributed by atoms with E-state index in [1.807, 2.05) is 12.1 Å². The van der Waals surface area contributed by atoms with Gasteiger partial charge in [0.25, 0.3) is 0 Å². The molecule has 0 N–H and O–H groups in total. The van der Waals surface area contributed by atoms with E-state index in [9.17, 15) is 4.79 Å². The van der Waals surface area contributed by atoms with Crippen LogP contribution in [0.4, 0.5) is 0 Å². The van der Waals surface area contributed by atoms with Crippen molar-refractivity contribution in [1.29, 1.82) is 0 Å². The number of hydrogen-bond acceptors (Lipinski definition) is 3. The molecule has 18 heavy (non-hydrogen) atoms. The molecule has 1 saturated carbocycles. The predicted molar refractivity (Wildman–Crippen MR) is 69.2 cm³/mol. The molecule has 1 heterocycles. The van der Waals surface area contributed by atoms with Gasteiger partial charge in [0.05, 0.1) is 6.26 Å². The number of ketones is 1. The van der Waals surface area contributed by atoms with E-state index in [2.05, 4.69) is 6.58 Å². The number of carbonyl (C=O) groups is 1. The Balaban J connectivity index is 2.11. The van der Waals surface area contributed by atoms with Gasteiger partial charge in [0, 0.05) is 0 Å². The Kier molecular flexibility index (Phi) is 4.02. The fraction of sp³-hybridized carbons (Fsp3) is 0.533. The summed E-state index contributed by atoms with van der Waals surface area (Å²) < 4.78 is 11.4. The summed E-state index contributed by atoms with van der Waals surface area (Å²) in [5.74, 6) is 0.809. The third kappa shape index (κ3) is 2.72. The number of rotatable bonds is 5. The molecule has 1 aliphatic rings. The number of Topliss-reactive ketones (excluding diaryl/α,β-unsaturated/α-hetero) is 1. The molecule has 0 saturated heterocycles. The van der Waals surface area contributed by atoms with Gasteiger partial charge in [-0.3, -0.25) is 4.79 Å². The third-order valence-electron chi connectivity index (χ3n) is 3.59. The Morgan fingerprint density at radius 2 is 2.17 bits per heavy atom. The highest BCUT2D eigenvalue weighted by Crippen LogP contribution is 2.40. The minimum atomic E-state index is -0.410. The van der Waals surface area contributed by atoms with Crippen LogP contribution < -0.4 is 0 Å². The molecular formula is C15H20O3. The quantitative estimate of drug-likeness (QED) is 0.747. The maximum Gasteiger partial charge on any atom is 0.183 e. The van der Waals surface area contributed by atoms with Crippen molar-refractivity contribution in [2.24, 2.45) is 0 Å². The highest BCUT2D eigenvalue weighted by atomic mass is 16.5. The summed E-state index contributed by atoms with van der Waals surface area (Å²) in [6.07, 6.45) is 6.95. The van der Waals surface area contributed by atoms with Crippen LogP contribution >= 0.6 is 0 Å². The highest BCUT2D eigenvalue weighted by Gasteiger charge is 2.37. The Bertz CT molecular complexity index is 411. The molecule has 0 radical (unpaired) electrons. The standard InChI is InChI=1S/C15H20O3/c1-12(2)13(16)11-18-15(8-4-3-5-9-15)14-7-6-10-17-14/h6-7,10H,1,3-5,8-9,11H2,2H3. The molecule has 98 valence electrons. The lowest BCUT2D eigenvalue weighted by atomic mass is 9.82. The van der Waals surface area contributed by atoms with Gasteiger partial charge >= 0.3 is 0 Å². The molecule has 2 rings (SSSR count). The Morgan fingerprint density at radius 1 is 1.44 bits per heavy atom. The minimum Gasteiger partial charge on any atom is -0.466 e. The summed E-state index contributed by atoms with van der Waals surface area (Å²) in [6, 6.07) is 3.81. The van der Waals surface area contributed by atoms with Crippen molar-refractivity contribution in [3.8, 4) is 0 Å². The fourth-order valence-corrected chi connectivity index (χ4v) is 2.45. The summed E-state index contributed by atoms with van der Waals surface area (Å²) in [5.41, 5.74) is 0.132. The first-order valence-electron chi connectivity index (χ1n) is 6.51. The van der Waals surface area contributed by atoms with E-state index < -0.39 is 5.60 Å². The van der Waals surface area contributed by atoms with Crippen molar-refractivity contribution < 1.29 is 13.9 Å². The van der Waals surface area contributed by atoms with E-state index in [0.717, 1.165) is 31.4 Å². The van der Waals surface area contributed by atoms with Gasteiger partial charge in [-0.1, -0.05) is 25.8 Å². The van der Waals surface area contributed by atoms with Crippen LogP contribution in [0.2, 0.25) is 0 Å². The van der Waals surface area contributed by atoms with E-state index >= 15 is 0 Å². The normalized spacial score (nSPS) is 18.5. The smallest absolute Gasteiger partial charge is 0.183 e. The second-order valence-electron chi connectivity index (χ2n) is 5.02. The molecule has 3 heteroatoms. The van der Waals surface area contributed by atoms with Crippen LogP contribution in [-0.2, 0) is 15.1 Å². The molecule has 0 amide bonds. The van der Waals surface area contributed by atoms with Crippen molar-refractivity contribution in [2.45, 2.75) is 44.6 Å². The van der Waals surface area contributed by atoms with Crippen molar-refractivity contribution in [3.05, 3.63) is 36.3 Å². The predicted octanol–water partition coefficient (Wildman–Crippen LogP) is 3.60. The van der Waals surface area contributed by atoms with Crippen molar-refractivity contribution in [1.82, 2.24) is 0 Å².